The lowest BCUT2D eigenvalue weighted by Gasteiger charge is -2.00. The third-order valence-corrected chi connectivity index (χ3v) is 2.23. The van der Waals surface area contributed by atoms with Crippen molar-refractivity contribution in [2.24, 2.45) is 5.73 Å². The van der Waals surface area contributed by atoms with Crippen molar-refractivity contribution < 1.29 is 4.39 Å². The van der Waals surface area contributed by atoms with Gasteiger partial charge < -0.3 is 5.73 Å². The molecule has 1 nitrogen and oxygen atoms in total. The van der Waals surface area contributed by atoms with Crippen molar-refractivity contribution in [2.75, 3.05) is 11.5 Å². The van der Waals surface area contributed by atoms with Gasteiger partial charge in [-0.15, -0.1) is 0 Å². The van der Waals surface area contributed by atoms with Gasteiger partial charge in [0.15, 0.2) is 0 Å². The first kappa shape index (κ1) is 5.38. The minimum Gasteiger partial charge on any atom is -0.325 e. The summed E-state index contributed by atoms with van der Waals surface area (Å²) >= 11 is 1.59. The summed E-state index contributed by atoms with van der Waals surface area (Å²) in [5.74, 6) is 1.39. The van der Waals surface area contributed by atoms with Crippen molar-refractivity contribution >= 4 is 11.8 Å². The first-order valence-corrected chi connectivity index (χ1v) is 3.43. The fourth-order valence-electron chi connectivity index (χ4n) is 0.545. The van der Waals surface area contributed by atoms with Gasteiger partial charge in [0.2, 0.25) is 0 Å². The van der Waals surface area contributed by atoms with Crippen LogP contribution in [0.4, 0.5) is 4.39 Å². The molecule has 0 spiro atoms. The zero-order valence-electron chi connectivity index (χ0n) is 3.93. The number of thioether (sulfide) groups is 1. The maximum Gasteiger partial charge on any atom is 0.125 e. The Labute approximate surface area is 46.5 Å². The van der Waals surface area contributed by atoms with Crippen molar-refractivity contribution in [3.63, 3.8) is 0 Å². The third kappa shape index (κ3) is 1.07. The Morgan fingerprint density at radius 2 is 2.29 bits per heavy atom. The SMILES string of the molecule is NC1CSCC1F. The van der Waals surface area contributed by atoms with Crippen LogP contribution < -0.4 is 5.73 Å². The molecule has 1 heterocycles. The Morgan fingerprint density at radius 1 is 1.57 bits per heavy atom. The fourth-order valence-corrected chi connectivity index (χ4v) is 1.63. The van der Waals surface area contributed by atoms with E-state index in [0.29, 0.717) is 5.75 Å². The van der Waals surface area contributed by atoms with Crippen LogP contribution in [-0.4, -0.2) is 23.7 Å². The van der Waals surface area contributed by atoms with E-state index in [4.69, 9.17) is 5.73 Å². The molecule has 3 heteroatoms. The van der Waals surface area contributed by atoms with E-state index in [1.165, 1.54) is 0 Å². The van der Waals surface area contributed by atoms with Gasteiger partial charge in [-0.25, -0.2) is 4.39 Å². The lowest BCUT2D eigenvalue weighted by Crippen LogP contribution is -2.29. The average Bonchev–Trinajstić information content (AvgIpc) is 1.91. The Balaban J connectivity index is 2.33. The Morgan fingerprint density at radius 3 is 2.43 bits per heavy atom. The number of rotatable bonds is 0. The maximum absolute atomic E-state index is 12.2. The zero-order chi connectivity index (χ0) is 5.28. The van der Waals surface area contributed by atoms with Gasteiger partial charge in [0.05, 0.1) is 0 Å². The highest BCUT2D eigenvalue weighted by atomic mass is 32.2. The molecule has 0 aromatic rings. The summed E-state index contributed by atoms with van der Waals surface area (Å²) in [4.78, 5) is 0. The van der Waals surface area contributed by atoms with Crippen LogP contribution >= 0.6 is 11.8 Å². The molecule has 42 valence electrons. The number of halogens is 1. The van der Waals surface area contributed by atoms with Crippen molar-refractivity contribution in [3.8, 4) is 0 Å². The van der Waals surface area contributed by atoms with E-state index >= 15 is 0 Å². The van der Waals surface area contributed by atoms with Gasteiger partial charge in [0.1, 0.15) is 6.17 Å². The van der Waals surface area contributed by atoms with Gasteiger partial charge in [-0.1, -0.05) is 0 Å². The second-order valence-corrected chi connectivity index (χ2v) is 2.79. The molecule has 0 aliphatic carbocycles. The van der Waals surface area contributed by atoms with E-state index < -0.39 is 6.17 Å². The predicted octanol–water partition coefficient (Wildman–Crippen LogP) is 0.399. The average molecular weight is 121 g/mol. The summed E-state index contributed by atoms with van der Waals surface area (Å²) in [5.41, 5.74) is 5.28. The molecule has 0 aromatic heterocycles. The molecule has 1 aliphatic heterocycles. The summed E-state index contributed by atoms with van der Waals surface area (Å²) in [6.07, 6.45) is -0.745. The lowest BCUT2D eigenvalue weighted by molar-refractivity contribution is 0.337. The van der Waals surface area contributed by atoms with Crippen LogP contribution in [0.1, 0.15) is 0 Å². The quantitative estimate of drug-likeness (QED) is 0.502. The van der Waals surface area contributed by atoms with E-state index in [2.05, 4.69) is 0 Å². The third-order valence-electron chi connectivity index (χ3n) is 1.05. The number of alkyl halides is 1. The van der Waals surface area contributed by atoms with Crippen molar-refractivity contribution in [3.05, 3.63) is 0 Å². The second-order valence-electron chi connectivity index (χ2n) is 1.72. The molecular formula is C4H8FNS. The highest BCUT2D eigenvalue weighted by Crippen LogP contribution is 2.18. The zero-order valence-corrected chi connectivity index (χ0v) is 4.75. The topological polar surface area (TPSA) is 26.0 Å². The van der Waals surface area contributed by atoms with Gasteiger partial charge in [0, 0.05) is 17.5 Å². The fraction of sp³-hybridized carbons (Fsp3) is 1.00. The summed E-state index contributed by atoms with van der Waals surface area (Å²) < 4.78 is 12.2. The van der Waals surface area contributed by atoms with Crippen LogP contribution in [0.2, 0.25) is 0 Å². The Hall–Kier alpha value is 0.240. The van der Waals surface area contributed by atoms with Gasteiger partial charge in [-0.05, 0) is 0 Å². The molecule has 0 amide bonds. The summed E-state index contributed by atoms with van der Waals surface area (Å²) in [5, 5.41) is 0. The molecule has 1 fully saturated rings. The summed E-state index contributed by atoms with van der Waals surface area (Å²) in [6, 6.07) is -0.190. The highest BCUT2D eigenvalue weighted by Gasteiger charge is 2.22. The van der Waals surface area contributed by atoms with Crippen LogP contribution in [0, 0.1) is 0 Å². The molecule has 2 N–H and O–H groups in total. The van der Waals surface area contributed by atoms with E-state index in [1.54, 1.807) is 11.8 Å². The molecule has 2 unspecified atom stereocenters. The van der Waals surface area contributed by atoms with Crippen molar-refractivity contribution in [2.45, 2.75) is 12.2 Å². The molecule has 1 rings (SSSR count). The van der Waals surface area contributed by atoms with Crippen LogP contribution in [-0.2, 0) is 0 Å². The molecule has 0 bridgehead atoms. The lowest BCUT2D eigenvalue weighted by atomic mass is 10.3. The van der Waals surface area contributed by atoms with Crippen molar-refractivity contribution in [1.29, 1.82) is 0 Å². The van der Waals surface area contributed by atoms with Gasteiger partial charge in [-0.3, -0.25) is 0 Å². The molecule has 1 saturated heterocycles. The second kappa shape index (κ2) is 2.01. The van der Waals surface area contributed by atoms with E-state index in [9.17, 15) is 4.39 Å². The first-order chi connectivity index (χ1) is 3.30. The summed E-state index contributed by atoms with van der Waals surface area (Å²) in [6.45, 7) is 0. The Bertz CT molecular complexity index is 60.7. The molecule has 1 aliphatic rings. The molecule has 2 atom stereocenters. The maximum atomic E-state index is 12.2. The smallest absolute Gasteiger partial charge is 0.125 e. The van der Waals surface area contributed by atoms with Crippen LogP contribution in [0.25, 0.3) is 0 Å². The largest absolute Gasteiger partial charge is 0.325 e. The molecule has 0 aromatic carbocycles. The first-order valence-electron chi connectivity index (χ1n) is 2.28. The van der Waals surface area contributed by atoms with Crippen molar-refractivity contribution in [1.82, 2.24) is 0 Å². The van der Waals surface area contributed by atoms with Gasteiger partial charge in [0.25, 0.3) is 0 Å². The summed E-state index contributed by atoms with van der Waals surface area (Å²) in [7, 11) is 0. The van der Waals surface area contributed by atoms with Gasteiger partial charge >= 0.3 is 0 Å². The number of hydrogen-bond donors (Lipinski definition) is 1. The molecule has 0 radical (unpaired) electrons. The predicted molar refractivity (Wildman–Crippen MR) is 30.2 cm³/mol. The van der Waals surface area contributed by atoms with E-state index in [0.717, 1.165) is 5.75 Å². The van der Waals surface area contributed by atoms with Crippen LogP contribution in [0.5, 0.6) is 0 Å². The number of nitrogens with two attached hydrogens (primary N) is 1. The molecule has 0 saturated carbocycles. The standard InChI is InChI=1S/C4H8FNS/c5-3-1-7-2-4(3)6/h3-4H,1-2,6H2. The minimum absolute atomic E-state index is 0.190. The normalized spacial score (nSPS) is 42.0. The van der Waals surface area contributed by atoms with E-state index in [1.807, 2.05) is 0 Å². The number of hydrogen-bond acceptors (Lipinski definition) is 2. The van der Waals surface area contributed by atoms with Gasteiger partial charge in [-0.2, -0.15) is 11.8 Å². The molecular weight excluding hydrogens is 113 g/mol. The minimum atomic E-state index is -0.745. The monoisotopic (exact) mass is 121 g/mol. The van der Waals surface area contributed by atoms with Crippen LogP contribution in [0.15, 0.2) is 0 Å². The Kier molecular flexibility index (Phi) is 1.54. The van der Waals surface area contributed by atoms with Crippen LogP contribution in [0.3, 0.4) is 0 Å². The molecule has 7 heavy (non-hydrogen) atoms. The highest BCUT2D eigenvalue weighted by molar-refractivity contribution is 7.99. The van der Waals surface area contributed by atoms with E-state index in [-0.39, 0.29) is 6.04 Å².